The number of ether oxygens (including phenoxy) is 1. The minimum absolute atomic E-state index is 0.210. The fourth-order valence-electron chi connectivity index (χ4n) is 1.79. The zero-order valence-corrected chi connectivity index (χ0v) is 10.9. The second-order valence-electron chi connectivity index (χ2n) is 4.30. The first-order valence-electron chi connectivity index (χ1n) is 6.25. The van der Waals surface area contributed by atoms with Gasteiger partial charge in [0.1, 0.15) is 6.73 Å². The molecule has 19 heavy (non-hydrogen) atoms. The van der Waals surface area contributed by atoms with Crippen LogP contribution in [0.3, 0.4) is 0 Å². The Balaban J connectivity index is 1.77. The van der Waals surface area contributed by atoms with Crippen LogP contribution in [0.5, 0.6) is 0 Å². The molecule has 0 aliphatic heterocycles. The summed E-state index contributed by atoms with van der Waals surface area (Å²) >= 11 is 0. The van der Waals surface area contributed by atoms with Gasteiger partial charge in [-0.2, -0.15) is 0 Å². The van der Waals surface area contributed by atoms with Crippen LogP contribution in [-0.2, 0) is 11.3 Å². The number of carbonyl (C=O) groups is 1. The van der Waals surface area contributed by atoms with Gasteiger partial charge in [-0.05, 0) is 24.1 Å². The van der Waals surface area contributed by atoms with Crippen molar-refractivity contribution in [3.63, 3.8) is 0 Å². The molecule has 2 aromatic carbocycles. The van der Waals surface area contributed by atoms with Crippen LogP contribution < -0.4 is 5.32 Å². The lowest BCUT2D eigenvalue weighted by Crippen LogP contribution is -2.20. The fourth-order valence-corrected chi connectivity index (χ4v) is 1.79. The highest BCUT2D eigenvalue weighted by Crippen LogP contribution is 2.08. The topological polar surface area (TPSA) is 38.3 Å². The van der Waals surface area contributed by atoms with Crippen LogP contribution in [0.4, 0.5) is 0 Å². The second kappa shape index (κ2) is 6.71. The van der Waals surface area contributed by atoms with Gasteiger partial charge in [0.15, 0.2) is 0 Å². The van der Waals surface area contributed by atoms with E-state index in [0.29, 0.717) is 12.1 Å². The standard InChI is InChI=1S/C16H17NO2/c1-13-7-5-6-10-15(13)16(18)19-12-17-11-14-8-3-2-4-9-14/h2-10,17H,11-12H2,1H3. The molecule has 3 heteroatoms. The average Bonchev–Trinajstić information content (AvgIpc) is 2.45. The van der Waals surface area contributed by atoms with Crippen molar-refractivity contribution in [2.75, 3.05) is 6.73 Å². The van der Waals surface area contributed by atoms with Crippen molar-refractivity contribution < 1.29 is 9.53 Å². The molecule has 0 aliphatic carbocycles. The molecule has 0 atom stereocenters. The number of benzene rings is 2. The Hall–Kier alpha value is -2.13. The van der Waals surface area contributed by atoms with E-state index >= 15 is 0 Å². The van der Waals surface area contributed by atoms with E-state index in [1.165, 1.54) is 0 Å². The van der Waals surface area contributed by atoms with E-state index in [0.717, 1.165) is 11.1 Å². The molecule has 0 fully saturated rings. The Morgan fingerprint density at radius 1 is 1.05 bits per heavy atom. The third-order valence-electron chi connectivity index (χ3n) is 2.84. The molecular weight excluding hydrogens is 238 g/mol. The van der Waals surface area contributed by atoms with E-state index in [1.54, 1.807) is 6.07 Å². The maximum Gasteiger partial charge on any atom is 0.339 e. The highest BCUT2D eigenvalue weighted by atomic mass is 16.5. The molecule has 0 heterocycles. The first kappa shape index (κ1) is 13.3. The van der Waals surface area contributed by atoms with E-state index in [2.05, 4.69) is 5.32 Å². The maximum absolute atomic E-state index is 11.8. The summed E-state index contributed by atoms with van der Waals surface area (Å²) in [5.41, 5.74) is 2.70. The van der Waals surface area contributed by atoms with E-state index in [9.17, 15) is 4.79 Å². The summed E-state index contributed by atoms with van der Waals surface area (Å²) in [6, 6.07) is 17.4. The van der Waals surface area contributed by atoms with Crippen molar-refractivity contribution in [2.24, 2.45) is 0 Å². The quantitative estimate of drug-likeness (QED) is 0.507. The molecular formula is C16H17NO2. The average molecular weight is 255 g/mol. The molecule has 0 bridgehead atoms. The van der Waals surface area contributed by atoms with Gasteiger partial charge < -0.3 is 4.74 Å². The number of esters is 1. The van der Waals surface area contributed by atoms with Gasteiger partial charge >= 0.3 is 5.97 Å². The van der Waals surface area contributed by atoms with Crippen LogP contribution in [0.2, 0.25) is 0 Å². The van der Waals surface area contributed by atoms with Gasteiger partial charge in [-0.1, -0.05) is 48.5 Å². The minimum Gasteiger partial charge on any atom is -0.446 e. The lowest BCUT2D eigenvalue weighted by atomic mass is 10.1. The normalized spacial score (nSPS) is 10.2. The van der Waals surface area contributed by atoms with E-state index < -0.39 is 0 Å². The number of aryl methyl sites for hydroxylation is 1. The zero-order chi connectivity index (χ0) is 13.5. The molecule has 0 saturated carbocycles. The number of nitrogens with one attached hydrogen (secondary N) is 1. The Labute approximate surface area is 113 Å². The summed E-state index contributed by atoms with van der Waals surface area (Å²) in [6.45, 7) is 2.79. The summed E-state index contributed by atoms with van der Waals surface area (Å²) < 4.78 is 5.18. The number of hydrogen-bond donors (Lipinski definition) is 1. The van der Waals surface area contributed by atoms with Crippen LogP contribution in [0.1, 0.15) is 21.5 Å². The second-order valence-corrected chi connectivity index (χ2v) is 4.30. The number of rotatable bonds is 5. The van der Waals surface area contributed by atoms with Crippen molar-refractivity contribution in [3.05, 3.63) is 71.3 Å². The predicted octanol–water partition coefficient (Wildman–Crippen LogP) is 2.90. The van der Waals surface area contributed by atoms with Crippen molar-refractivity contribution in [3.8, 4) is 0 Å². The largest absolute Gasteiger partial charge is 0.446 e. The van der Waals surface area contributed by atoms with Crippen molar-refractivity contribution in [1.82, 2.24) is 5.32 Å². The van der Waals surface area contributed by atoms with Gasteiger partial charge in [0, 0.05) is 6.54 Å². The lowest BCUT2D eigenvalue weighted by molar-refractivity contribution is 0.0469. The van der Waals surface area contributed by atoms with E-state index in [4.69, 9.17) is 4.74 Å². The molecule has 3 nitrogen and oxygen atoms in total. The molecule has 2 aromatic rings. The molecule has 0 saturated heterocycles. The molecule has 0 amide bonds. The van der Waals surface area contributed by atoms with Crippen molar-refractivity contribution in [1.29, 1.82) is 0 Å². The Kier molecular flexibility index (Phi) is 4.70. The van der Waals surface area contributed by atoms with Crippen LogP contribution >= 0.6 is 0 Å². The summed E-state index contributed by atoms with van der Waals surface area (Å²) in [6.07, 6.45) is 0. The van der Waals surface area contributed by atoms with Gasteiger partial charge in [0.05, 0.1) is 5.56 Å². The van der Waals surface area contributed by atoms with Crippen LogP contribution in [0, 0.1) is 6.92 Å². The Bertz CT molecular complexity index is 537. The predicted molar refractivity (Wildman–Crippen MR) is 74.7 cm³/mol. The highest BCUT2D eigenvalue weighted by Gasteiger charge is 2.08. The van der Waals surface area contributed by atoms with Crippen LogP contribution in [-0.4, -0.2) is 12.7 Å². The third kappa shape index (κ3) is 3.93. The van der Waals surface area contributed by atoms with Gasteiger partial charge in [-0.3, -0.25) is 5.32 Å². The van der Waals surface area contributed by atoms with Gasteiger partial charge in [-0.25, -0.2) is 4.79 Å². The first-order chi connectivity index (χ1) is 9.27. The number of carbonyl (C=O) groups excluding carboxylic acids is 1. The Morgan fingerprint density at radius 2 is 1.74 bits per heavy atom. The molecule has 0 spiro atoms. The summed E-state index contributed by atoms with van der Waals surface area (Å²) in [7, 11) is 0. The first-order valence-corrected chi connectivity index (χ1v) is 6.25. The maximum atomic E-state index is 11.8. The molecule has 0 aliphatic rings. The van der Waals surface area contributed by atoms with Gasteiger partial charge in [0.2, 0.25) is 0 Å². The SMILES string of the molecule is Cc1ccccc1C(=O)OCNCc1ccccc1. The van der Waals surface area contributed by atoms with E-state index in [-0.39, 0.29) is 12.7 Å². The van der Waals surface area contributed by atoms with Gasteiger partial charge in [-0.15, -0.1) is 0 Å². The Morgan fingerprint density at radius 3 is 2.47 bits per heavy atom. The molecule has 1 N–H and O–H groups in total. The van der Waals surface area contributed by atoms with Gasteiger partial charge in [0.25, 0.3) is 0 Å². The molecule has 0 unspecified atom stereocenters. The number of hydrogen-bond acceptors (Lipinski definition) is 3. The molecule has 0 radical (unpaired) electrons. The lowest BCUT2D eigenvalue weighted by Gasteiger charge is -2.08. The van der Waals surface area contributed by atoms with Crippen molar-refractivity contribution >= 4 is 5.97 Å². The molecule has 2 rings (SSSR count). The monoisotopic (exact) mass is 255 g/mol. The van der Waals surface area contributed by atoms with Crippen LogP contribution in [0.15, 0.2) is 54.6 Å². The highest BCUT2D eigenvalue weighted by molar-refractivity contribution is 5.90. The van der Waals surface area contributed by atoms with Crippen LogP contribution in [0.25, 0.3) is 0 Å². The zero-order valence-electron chi connectivity index (χ0n) is 10.9. The molecule has 0 aromatic heterocycles. The fraction of sp³-hybridized carbons (Fsp3) is 0.188. The summed E-state index contributed by atoms with van der Waals surface area (Å²) in [5, 5.41) is 3.08. The summed E-state index contributed by atoms with van der Waals surface area (Å²) in [4.78, 5) is 11.8. The third-order valence-corrected chi connectivity index (χ3v) is 2.84. The van der Waals surface area contributed by atoms with Crippen molar-refractivity contribution in [2.45, 2.75) is 13.5 Å². The van der Waals surface area contributed by atoms with E-state index in [1.807, 2.05) is 55.5 Å². The minimum atomic E-state index is -0.293. The summed E-state index contributed by atoms with van der Waals surface area (Å²) in [5.74, 6) is -0.293. The smallest absolute Gasteiger partial charge is 0.339 e. The molecule has 98 valence electrons.